The van der Waals surface area contributed by atoms with E-state index in [1.165, 1.54) is 25.5 Å². The summed E-state index contributed by atoms with van der Waals surface area (Å²) in [7, 11) is -6.00. The monoisotopic (exact) mass is 414 g/mol. The van der Waals surface area contributed by atoms with Gasteiger partial charge in [0.05, 0.1) is 0 Å². The van der Waals surface area contributed by atoms with E-state index in [-0.39, 0.29) is 0 Å². The Balaban J connectivity index is 0.000000300. The van der Waals surface area contributed by atoms with E-state index in [1.54, 1.807) is 3.57 Å². The van der Waals surface area contributed by atoms with Gasteiger partial charge in [0.1, 0.15) is 0 Å². The molecule has 0 aliphatic carbocycles. The van der Waals surface area contributed by atoms with Gasteiger partial charge in [0.15, 0.2) is 0 Å². The van der Waals surface area contributed by atoms with E-state index >= 15 is 0 Å². The SMILES string of the molecule is F[B-](F)(F)F.c1ccc(-c2ccc3c(sc4ccccc43)[se+]2)cc1. The Morgan fingerprint density at radius 1 is 0.708 bits per heavy atom. The van der Waals surface area contributed by atoms with Crippen LogP contribution in [0, 0.1) is 0 Å². The number of thiophene rings is 1. The molecular weight excluding hydrogens is 402 g/mol. The minimum atomic E-state index is -6.00. The van der Waals surface area contributed by atoms with E-state index in [0.717, 1.165) is 0 Å². The number of hydrogen-bond donors (Lipinski definition) is 0. The Labute approximate surface area is 146 Å². The topological polar surface area (TPSA) is 0 Å². The molecule has 0 amide bonds. The zero-order valence-corrected chi connectivity index (χ0v) is 14.8. The van der Waals surface area contributed by atoms with Gasteiger partial charge in [-0.3, -0.25) is 0 Å². The summed E-state index contributed by atoms with van der Waals surface area (Å²) in [4.78, 5) is 0. The number of hydrogen-bond acceptors (Lipinski definition) is 1. The molecule has 2 heterocycles. The fourth-order valence-electron chi connectivity index (χ4n) is 2.33. The van der Waals surface area contributed by atoms with Gasteiger partial charge in [-0.1, -0.05) is 0 Å². The number of benzene rings is 2. The maximum atomic E-state index is 9.75. The molecule has 0 aliphatic rings. The van der Waals surface area contributed by atoms with Gasteiger partial charge in [0, 0.05) is 0 Å². The molecule has 122 valence electrons. The Bertz CT molecular complexity index is 961. The second kappa shape index (κ2) is 7.05. The molecule has 4 aromatic rings. The molecule has 0 nitrogen and oxygen atoms in total. The van der Waals surface area contributed by atoms with Crippen LogP contribution >= 0.6 is 11.3 Å². The summed E-state index contributed by atoms with van der Waals surface area (Å²) in [6.45, 7) is 0. The Hall–Kier alpha value is -1.69. The molecule has 24 heavy (non-hydrogen) atoms. The van der Waals surface area contributed by atoms with Crippen LogP contribution in [0.15, 0.2) is 66.7 Å². The predicted molar refractivity (Wildman–Crippen MR) is 96.3 cm³/mol. The summed E-state index contributed by atoms with van der Waals surface area (Å²) in [5, 5.41) is 2.85. The molecule has 0 aliphatic heterocycles. The van der Waals surface area contributed by atoms with Gasteiger partial charge >= 0.3 is 129 Å². The summed E-state index contributed by atoms with van der Waals surface area (Å²) in [6.07, 6.45) is 0. The number of fused-ring (bicyclic) bond motifs is 3. The fraction of sp³-hybridized carbons (Fsp3) is 0. The molecule has 2 aromatic carbocycles. The van der Waals surface area contributed by atoms with Gasteiger partial charge < -0.3 is 17.3 Å². The molecule has 0 N–H and O–H groups in total. The van der Waals surface area contributed by atoms with Crippen LogP contribution in [-0.4, -0.2) is 21.8 Å². The van der Waals surface area contributed by atoms with Crippen molar-refractivity contribution in [1.29, 1.82) is 0 Å². The van der Waals surface area contributed by atoms with E-state index in [1.807, 2.05) is 11.3 Å². The quantitative estimate of drug-likeness (QED) is 0.252. The van der Waals surface area contributed by atoms with Gasteiger partial charge in [-0.05, 0) is 0 Å². The third-order valence-electron chi connectivity index (χ3n) is 3.26. The third kappa shape index (κ3) is 4.23. The molecule has 0 spiro atoms. The average molecular weight is 413 g/mol. The van der Waals surface area contributed by atoms with Crippen molar-refractivity contribution in [1.82, 2.24) is 0 Å². The van der Waals surface area contributed by atoms with Crippen LogP contribution in [0.5, 0.6) is 0 Å². The molecule has 0 fully saturated rings. The Morgan fingerprint density at radius 3 is 2.04 bits per heavy atom. The summed E-state index contributed by atoms with van der Waals surface area (Å²) < 4.78 is 43.4. The first-order valence-corrected chi connectivity index (χ1v) is 9.62. The molecule has 0 atom stereocenters. The molecule has 7 heteroatoms. The number of rotatable bonds is 1. The van der Waals surface area contributed by atoms with Crippen LogP contribution in [0.25, 0.3) is 29.0 Å². The summed E-state index contributed by atoms with van der Waals surface area (Å²) in [6, 6.07) is 24.0. The minimum absolute atomic E-state index is 0.426. The van der Waals surface area contributed by atoms with Gasteiger partial charge in [-0.2, -0.15) is 0 Å². The van der Waals surface area contributed by atoms with Crippen molar-refractivity contribution in [3.63, 3.8) is 0 Å². The molecule has 0 bridgehead atoms. The standard InChI is InChI=1S/C17H11SSe.BF4/c1-2-6-12(7-3-1)16-11-10-14-13-8-4-5-9-15(13)18-17(14)19-16;2-1(3,4)5/h1-11H;/q+1;-1. The van der Waals surface area contributed by atoms with Crippen LogP contribution in [0.1, 0.15) is 0 Å². The molecule has 0 saturated heterocycles. The van der Waals surface area contributed by atoms with E-state index in [9.17, 15) is 17.3 Å². The summed E-state index contributed by atoms with van der Waals surface area (Å²) in [5.41, 5.74) is 1.36. The van der Waals surface area contributed by atoms with Gasteiger partial charge in [-0.25, -0.2) is 0 Å². The molecule has 4 rings (SSSR count). The molecule has 2 aromatic heterocycles. The van der Waals surface area contributed by atoms with Crippen molar-refractivity contribution >= 4 is 52.1 Å². The first-order chi connectivity index (χ1) is 11.4. The second-order valence-electron chi connectivity index (χ2n) is 4.96. The van der Waals surface area contributed by atoms with Crippen molar-refractivity contribution < 1.29 is 17.3 Å². The van der Waals surface area contributed by atoms with Crippen LogP contribution in [0.3, 0.4) is 0 Å². The van der Waals surface area contributed by atoms with Crippen molar-refractivity contribution in [3.05, 3.63) is 66.7 Å². The summed E-state index contributed by atoms with van der Waals surface area (Å²) >= 11 is 2.38. The molecular formula is C17H11BF4SSe. The first kappa shape index (κ1) is 17.1. The summed E-state index contributed by atoms with van der Waals surface area (Å²) in [5.74, 6) is 0. The maximum absolute atomic E-state index is 9.75. The zero-order valence-electron chi connectivity index (χ0n) is 12.3. The molecule has 0 saturated carbocycles. The average Bonchev–Trinajstić information content (AvgIpc) is 2.92. The second-order valence-corrected chi connectivity index (χ2v) is 8.80. The van der Waals surface area contributed by atoms with E-state index in [0.29, 0.717) is 14.5 Å². The van der Waals surface area contributed by atoms with Gasteiger partial charge in [0.25, 0.3) is 0 Å². The van der Waals surface area contributed by atoms with Gasteiger partial charge in [-0.15, -0.1) is 0 Å². The Morgan fingerprint density at radius 2 is 1.33 bits per heavy atom. The Kier molecular flexibility index (Phi) is 5.04. The van der Waals surface area contributed by atoms with Crippen molar-refractivity contribution in [2.75, 3.05) is 0 Å². The normalized spacial score (nSPS) is 11.3. The first-order valence-electron chi connectivity index (χ1n) is 7.09. The van der Waals surface area contributed by atoms with Crippen LogP contribution in [0.2, 0.25) is 0 Å². The van der Waals surface area contributed by atoms with E-state index in [4.69, 9.17) is 0 Å². The predicted octanol–water partition coefficient (Wildman–Crippen LogP) is 6.36. The van der Waals surface area contributed by atoms with Crippen LogP contribution in [-0.2, 0) is 0 Å². The third-order valence-corrected chi connectivity index (χ3v) is 7.29. The van der Waals surface area contributed by atoms with Gasteiger partial charge in [0.2, 0.25) is 0 Å². The number of halogens is 4. The fourth-order valence-corrected chi connectivity index (χ4v) is 6.43. The van der Waals surface area contributed by atoms with Crippen molar-refractivity contribution in [2.24, 2.45) is 0 Å². The molecule has 0 unspecified atom stereocenters. The van der Waals surface area contributed by atoms with Crippen molar-refractivity contribution in [3.8, 4) is 10.0 Å². The van der Waals surface area contributed by atoms with Crippen LogP contribution in [0.4, 0.5) is 17.3 Å². The van der Waals surface area contributed by atoms with E-state index < -0.39 is 7.25 Å². The zero-order chi connectivity index (χ0) is 17.2. The van der Waals surface area contributed by atoms with Crippen molar-refractivity contribution in [2.45, 2.75) is 0 Å². The van der Waals surface area contributed by atoms with Crippen LogP contribution < -0.4 is 0 Å². The molecule has 0 radical (unpaired) electrons. The van der Waals surface area contributed by atoms with E-state index in [2.05, 4.69) is 66.7 Å².